The topological polar surface area (TPSA) is 140 Å². The highest BCUT2D eigenvalue weighted by Crippen LogP contribution is 2.25. The van der Waals surface area contributed by atoms with E-state index >= 15 is 0 Å². The van der Waals surface area contributed by atoms with Crippen LogP contribution in [-0.2, 0) is 11.3 Å². The summed E-state index contributed by atoms with van der Waals surface area (Å²) in [6.07, 6.45) is 2.85. The van der Waals surface area contributed by atoms with Crippen molar-refractivity contribution in [1.82, 2.24) is 15.0 Å². The zero-order chi connectivity index (χ0) is 15.4. The van der Waals surface area contributed by atoms with Crippen LogP contribution in [0.15, 0.2) is 30.6 Å². The van der Waals surface area contributed by atoms with Gasteiger partial charge in [-0.1, -0.05) is 5.21 Å². The van der Waals surface area contributed by atoms with Gasteiger partial charge in [-0.05, 0) is 12.1 Å². The fourth-order valence-electron chi connectivity index (χ4n) is 1.58. The molecule has 0 fully saturated rings. The third kappa shape index (κ3) is 3.37. The number of carbonyl (C=O) groups excluding carboxylic acids is 1. The van der Waals surface area contributed by atoms with E-state index in [-0.39, 0.29) is 17.8 Å². The highest BCUT2D eigenvalue weighted by atomic mass is 16.6. The third-order valence-corrected chi connectivity index (χ3v) is 2.49. The fourth-order valence-corrected chi connectivity index (χ4v) is 1.58. The van der Waals surface area contributed by atoms with Crippen LogP contribution in [0.4, 0.5) is 11.4 Å². The molecule has 0 saturated carbocycles. The molecule has 0 aliphatic carbocycles. The minimum atomic E-state index is -1.29. The number of amides is 1. The molecule has 1 aromatic carbocycles. The second-order valence-electron chi connectivity index (χ2n) is 3.94. The number of carboxylic acids is 1. The number of carbonyl (C=O) groups is 2. The Bertz CT molecular complexity index is 697. The van der Waals surface area contributed by atoms with Crippen molar-refractivity contribution in [2.24, 2.45) is 0 Å². The van der Waals surface area contributed by atoms with Gasteiger partial charge in [0.2, 0.25) is 5.91 Å². The fraction of sp³-hybridized carbons (Fsp3) is 0.0909. The summed E-state index contributed by atoms with van der Waals surface area (Å²) in [5.74, 6) is -1.84. The monoisotopic (exact) mass is 291 g/mol. The lowest BCUT2D eigenvalue weighted by Gasteiger charge is -2.06. The standard InChI is InChI=1S/C11H9N5O5/c17-10(6-15-4-3-12-14-15)13-8-2-1-7(11(18)19)5-9(8)16(20)21/h1-5H,6H2,(H,13,17)(H,18,19). The van der Waals surface area contributed by atoms with Crippen molar-refractivity contribution in [3.63, 3.8) is 0 Å². The summed E-state index contributed by atoms with van der Waals surface area (Å²) >= 11 is 0. The van der Waals surface area contributed by atoms with E-state index in [0.29, 0.717) is 0 Å². The van der Waals surface area contributed by atoms with Crippen LogP contribution in [-0.4, -0.2) is 36.9 Å². The van der Waals surface area contributed by atoms with Crippen molar-refractivity contribution in [1.29, 1.82) is 0 Å². The van der Waals surface area contributed by atoms with E-state index in [1.54, 1.807) is 0 Å². The van der Waals surface area contributed by atoms with Crippen LogP contribution in [0.3, 0.4) is 0 Å². The predicted octanol–water partition coefficient (Wildman–Crippen LogP) is 0.523. The average molecular weight is 291 g/mol. The first kappa shape index (κ1) is 14.1. The Hall–Kier alpha value is -3.30. The summed E-state index contributed by atoms with van der Waals surface area (Å²) in [6.45, 7) is -0.169. The molecule has 21 heavy (non-hydrogen) atoms. The molecular formula is C11H9N5O5. The number of nitro groups is 1. The molecule has 2 rings (SSSR count). The maximum Gasteiger partial charge on any atom is 0.335 e. The Morgan fingerprint density at radius 2 is 2.19 bits per heavy atom. The van der Waals surface area contributed by atoms with E-state index in [1.807, 2.05) is 0 Å². The van der Waals surface area contributed by atoms with E-state index in [4.69, 9.17) is 5.11 Å². The van der Waals surface area contributed by atoms with Gasteiger partial charge in [0.25, 0.3) is 5.69 Å². The summed E-state index contributed by atoms with van der Waals surface area (Å²) in [4.78, 5) is 32.7. The van der Waals surface area contributed by atoms with Gasteiger partial charge in [0, 0.05) is 12.3 Å². The van der Waals surface area contributed by atoms with Crippen LogP contribution in [0.1, 0.15) is 10.4 Å². The maximum atomic E-state index is 11.7. The number of nitro benzene ring substituents is 1. The van der Waals surface area contributed by atoms with Crippen molar-refractivity contribution >= 4 is 23.3 Å². The minimum absolute atomic E-state index is 0.0879. The molecule has 0 spiro atoms. The first-order valence-corrected chi connectivity index (χ1v) is 5.63. The van der Waals surface area contributed by atoms with E-state index < -0.39 is 22.5 Å². The van der Waals surface area contributed by atoms with Crippen molar-refractivity contribution in [2.75, 3.05) is 5.32 Å². The lowest BCUT2D eigenvalue weighted by atomic mass is 10.1. The van der Waals surface area contributed by atoms with Crippen LogP contribution < -0.4 is 5.32 Å². The minimum Gasteiger partial charge on any atom is -0.478 e. The highest BCUT2D eigenvalue weighted by Gasteiger charge is 2.19. The number of aromatic nitrogens is 3. The van der Waals surface area contributed by atoms with Gasteiger partial charge < -0.3 is 10.4 Å². The molecule has 10 heteroatoms. The molecule has 1 heterocycles. The van der Waals surface area contributed by atoms with Crippen molar-refractivity contribution in [2.45, 2.75) is 6.54 Å². The van der Waals surface area contributed by atoms with Crippen LogP contribution >= 0.6 is 0 Å². The number of rotatable bonds is 5. The van der Waals surface area contributed by atoms with Gasteiger partial charge >= 0.3 is 5.97 Å². The predicted molar refractivity (Wildman–Crippen MR) is 68.7 cm³/mol. The smallest absolute Gasteiger partial charge is 0.335 e. The van der Waals surface area contributed by atoms with Crippen LogP contribution in [0.2, 0.25) is 0 Å². The zero-order valence-corrected chi connectivity index (χ0v) is 10.5. The number of hydrogen-bond donors (Lipinski definition) is 2. The van der Waals surface area contributed by atoms with Crippen molar-refractivity contribution < 1.29 is 19.6 Å². The molecule has 10 nitrogen and oxygen atoms in total. The molecule has 0 bridgehead atoms. The van der Waals surface area contributed by atoms with E-state index in [0.717, 1.165) is 6.07 Å². The number of hydrogen-bond acceptors (Lipinski definition) is 6. The Labute approximate surface area is 117 Å². The highest BCUT2D eigenvalue weighted by molar-refractivity contribution is 5.95. The number of aromatic carboxylic acids is 1. The molecule has 2 N–H and O–H groups in total. The maximum absolute atomic E-state index is 11.7. The van der Waals surface area contributed by atoms with Crippen molar-refractivity contribution in [3.8, 4) is 0 Å². The van der Waals surface area contributed by atoms with Gasteiger partial charge in [-0.25, -0.2) is 9.48 Å². The average Bonchev–Trinajstić information content (AvgIpc) is 2.91. The van der Waals surface area contributed by atoms with Gasteiger partial charge in [0.05, 0.1) is 16.7 Å². The Balaban J connectivity index is 2.21. The lowest BCUT2D eigenvalue weighted by Crippen LogP contribution is -2.20. The molecule has 0 aliphatic rings. The second kappa shape index (κ2) is 5.77. The normalized spacial score (nSPS) is 10.1. The molecule has 1 aromatic heterocycles. The number of anilines is 1. The summed E-state index contributed by atoms with van der Waals surface area (Å²) in [5, 5.41) is 29.2. The Morgan fingerprint density at radius 3 is 2.76 bits per heavy atom. The second-order valence-corrected chi connectivity index (χ2v) is 3.94. The summed E-state index contributed by atoms with van der Waals surface area (Å²) in [6, 6.07) is 3.22. The Kier molecular flexibility index (Phi) is 3.88. The van der Waals surface area contributed by atoms with Crippen LogP contribution in [0.25, 0.3) is 0 Å². The number of benzene rings is 1. The van der Waals surface area contributed by atoms with Gasteiger partial charge in [-0.2, -0.15) is 0 Å². The first-order chi connectivity index (χ1) is 9.97. The number of carboxylic acid groups (broad SMARTS) is 1. The summed E-state index contributed by atoms with van der Waals surface area (Å²) < 4.78 is 1.24. The van der Waals surface area contributed by atoms with Gasteiger partial charge in [-0.15, -0.1) is 5.10 Å². The largest absolute Gasteiger partial charge is 0.478 e. The first-order valence-electron chi connectivity index (χ1n) is 5.63. The summed E-state index contributed by atoms with van der Waals surface area (Å²) in [5.41, 5.74) is -0.826. The molecule has 2 aromatic rings. The van der Waals surface area contributed by atoms with Crippen molar-refractivity contribution in [3.05, 3.63) is 46.3 Å². The SMILES string of the molecule is O=C(Cn1ccnn1)Nc1ccc(C(=O)O)cc1[N+](=O)[O-]. The molecule has 1 amide bonds. The molecule has 0 saturated heterocycles. The van der Waals surface area contributed by atoms with E-state index in [1.165, 1.54) is 29.2 Å². The zero-order valence-electron chi connectivity index (χ0n) is 10.5. The van der Waals surface area contributed by atoms with Crippen LogP contribution in [0, 0.1) is 10.1 Å². The molecule has 0 atom stereocenters. The molecule has 0 unspecified atom stereocenters. The number of nitrogens with one attached hydrogen (secondary N) is 1. The lowest BCUT2D eigenvalue weighted by molar-refractivity contribution is -0.384. The van der Waals surface area contributed by atoms with Gasteiger partial charge in [0.15, 0.2) is 0 Å². The van der Waals surface area contributed by atoms with E-state index in [2.05, 4.69) is 15.6 Å². The molecular weight excluding hydrogens is 282 g/mol. The van der Waals surface area contributed by atoms with Crippen LogP contribution in [0.5, 0.6) is 0 Å². The quantitative estimate of drug-likeness (QED) is 0.604. The van der Waals surface area contributed by atoms with E-state index in [9.17, 15) is 19.7 Å². The molecule has 0 radical (unpaired) electrons. The molecule has 0 aliphatic heterocycles. The number of nitrogens with zero attached hydrogens (tertiary/aromatic N) is 4. The van der Waals surface area contributed by atoms with Gasteiger partial charge in [-0.3, -0.25) is 14.9 Å². The van der Waals surface area contributed by atoms with Gasteiger partial charge in [0.1, 0.15) is 12.2 Å². The Morgan fingerprint density at radius 1 is 1.43 bits per heavy atom. The summed E-state index contributed by atoms with van der Waals surface area (Å²) in [7, 11) is 0. The third-order valence-electron chi connectivity index (χ3n) is 2.49. The molecule has 108 valence electrons.